The number of pyridine rings is 1. The van der Waals surface area contributed by atoms with Gasteiger partial charge < -0.3 is 5.32 Å². The lowest BCUT2D eigenvalue weighted by Crippen LogP contribution is -2.03. The van der Waals surface area contributed by atoms with Crippen LogP contribution in [0.2, 0.25) is 0 Å². The standard InChI is InChI=1S/C15H18N2/c1-11-7-8-15(12(2)9-11)16-10-14-6-4-5-13(3)17-14/h4-9,16H,10H2,1-3H3. The van der Waals surface area contributed by atoms with Crippen molar-refractivity contribution in [3.05, 3.63) is 58.9 Å². The van der Waals surface area contributed by atoms with E-state index in [1.165, 1.54) is 16.8 Å². The molecule has 0 spiro atoms. The molecule has 2 aromatic rings. The summed E-state index contributed by atoms with van der Waals surface area (Å²) < 4.78 is 0. The molecule has 0 aliphatic carbocycles. The fourth-order valence-corrected chi connectivity index (χ4v) is 1.90. The lowest BCUT2D eigenvalue weighted by molar-refractivity contribution is 1.01. The second-order valence-corrected chi connectivity index (χ2v) is 4.44. The number of hydrogen-bond acceptors (Lipinski definition) is 2. The van der Waals surface area contributed by atoms with Crippen LogP contribution in [0.25, 0.3) is 0 Å². The predicted molar refractivity (Wildman–Crippen MR) is 72.2 cm³/mol. The molecule has 2 nitrogen and oxygen atoms in total. The monoisotopic (exact) mass is 226 g/mol. The molecule has 17 heavy (non-hydrogen) atoms. The van der Waals surface area contributed by atoms with Crippen LogP contribution in [0.4, 0.5) is 5.69 Å². The number of hydrogen-bond donors (Lipinski definition) is 1. The predicted octanol–water partition coefficient (Wildman–Crippen LogP) is 3.62. The Morgan fingerprint density at radius 2 is 1.88 bits per heavy atom. The summed E-state index contributed by atoms with van der Waals surface area (Å²) in [6, 6.07) is 12.5. The van der Waals surface area contributed by atoms with Crippen molar-refractivity contribution in [3.8, 4) is 0 Å². The van der Waals surface area contributed by atoms with Crippen LogP contribution in [0.3, 0.4) is 0 Å². The molecule has 2 rings (SSSR count). The molecule has 0 atom stereocenters. The Bertz CT molecular complexity index is 518. The van der Waals surface area contributed by atoms with Crippen LogP contribution in [-0.4, -0.2) is 4.98 Å². The Labute approximate surface area is 103 Å². The molecule has 88 valence electrons. The van der Waals surface area contributed by atoms with E-state index in [-0.39, 0.29) is 0 Å². The van der Waals surface area contributed by atoms with Crippen LogP contribution in [0.1, 0.15) is 22.5 Å². The van der Waals surface area contributed by atoms with E-state index in [9.17, 15) is 0 Å². The quantitative estimate of drug-likeness (QED) is 0.864. The van der Waals surface area contributed by atoms with Gasteiger partial charge in [0.25, 0.3) is 0 Å². The van der Waals surface area contributed by atoms with Crippen LogP contribution in [0.5, 0.6) is 0 Å². The van der Waals surface area contributed by atoms with E-state index in [4.69, 9.17) is 0 Å². The van der Waals surface area contributed by atoms with Gasteiger partial charge in [-0.2, -0.15) is 0 Å². The third-order valence-electron chi connectivity index (χ3n) is 2.79. The fraction of sp³-hybridized carbons (Fsp3) is 0.267. The van der Waals surface area contributed by atoms with E-state index in [2.05, 4.69) is 42.3 Å². The van der Waals surface area contributed by atoms with E-state index < -0.39 is 0 Å². The average Bonchev–Trinajstić information content (AvgIpc) is 2.28. The third-order valence-corrected chi connectivity index (χ3v) is 2.79. The number of aromatic nitrogens is 1. The van der Waals surface area contributed by atoms with Gasteiger partial charge in [0.1, 0.15) is 0 Å². The van der Waals surface area contributed by atoms with Crippen molar-refractivity contribution in [2.75, 3.05) is 5.32 Å². The zero-order valence-corrected chi connectivity index (χ0v) is 10.6. The SMILES string of the molecule is Cc1ccc(NCc2cccc(C)n2)c(C)c1. The molecule has 0 amide bonds. The lowest BCUT2D eigenvalue weighted by atomic mass is 10.1. The molecule has 0 bridgehead atoms. The molecule has 1 N–H and O–H groups in total. The van der Waals surface area contributed by atoms with Crippen molar-refractivity contribution < 1.29 is 0 Å². The Morgan fingerprint density at radius 3 is 2.59 bits per heavy atom. The number of nitrogens with one attached hydrogen (secondary N) is 1. The minimum absolute atomic E-state index is 0.769. The number of anilines is 1. The summed E-state index contributed by atoms with van der Waals surface area (Å²) >= 11 is 0. The summed E-state index contributed by atoms with van der Waals surface area (Å²) in [5.74, 6) is 0. The molecule has 0 unspecified atom stereocenters. The van der Waals surface area contributed by atoms with E-state index in [1.807, 2.05) is 25.1 Å². The van der Waals surface area contributed by atoms with Crippen molar-refractivity contribution in [1.29, 1.82) is 0 Å². The van der Waals surface area contributed by atoms with E-state index in [0.717, 1.165) is 17.9 Å². The highest BCUT2D eigenvalue weighted by atomic mass is 14.9. The Balaban J connectivity index is 2.07. The van der Waals surface area contributed by atoms with Gasteiger partial charge in [-0.25, -0.2) is 0 Å². The van der Waals surface area contributed by atoms with Crippen LogP contribution in [0, 0.1) is 20.8 Å². The topological polar surface area (TPSA) is 24.9 Å². The zero-order chi connectivity index (χ0) is 12.3. The number of rotatable bonds is 3. The maximum atomic E-state index is 4.47. The first-order valence-corrected chi connectivity index (χ1v) is 5.89. The van der Waals surface area contributed by atoms with Gasteiger partial charge in [-0.1, -0.05) is 23.8 Å². The molecular formula is C15H18N2. The molecule has 0 saturated heterocycles. The molecule has 0 fully saturated rings. The van der Waals surface area contributed by atoms with Crippen LogP contribution in [0.15, 0.2) is 36.4 Å². The number of nitrogens with zero attached hydrogens (tertiary/aromatic N) is 1. The van der Waals surface area contributed by atoms with Gasteiger partial charge >= 0.3 is 0 Å². The van der Waals surface area contributed by atoms with Crippen LogP contribution in [-0.2, 0) is 6.54 Å². The summed E-state index contributed by atoms with van der Waals surface area (Å²) in [4.78, 5) is 4.47. The molecule has 0 radical (unpaired) electrons. The highest BCUT2D eigenvalue weighted by molar-refractivity contribution is 5.52. The molecule has 0 aliphatic heterocycles. The van der Waals surface area contributed by atoms with Crippen molar-refractivity contribution in [3.63, 3.8) is 0 Å². The second kappa shape index (κ2) is 5.00. The largest absolute Gasteiger partial charge is 0.379 e. The molecular weight excluding hydrogens is 208 g/mol. The average molecular weight is 226 g/mol. The van der Waals surface area contributed by atoms with Crippen molar-refractivity contribution in [2.45, 2.75) is 27.3 Å². The van der Waals surface area contributed by atoms with Crippen molar-refractivity contribution in [2.24, 2.45) is 0 Å². The molecule has 1 aromatic carbocycles. The summed E-state index contributed by atoms with van der Waals surface area (Å²) in [5, 5.41) is 3.42. The van der Waals surface area contributed by atoms with Gasteiger partial charge in [-0.05, 0) is 44.5 Å². The summed E-state index contributed by atoms with van der Waals surface area (Å²) in [6.45, 7) is 7.02. The van der Waals surface area contributed by atoms with Gasteiger partial charge in [0.05, 0.1) is 12.2 Å². The second-order valence-electron chi connectivity index (χ2n) is 4.44. The Hall–Kier alpha value is -1.83. The van der Waals surface area contributed by atoms with E-state index >= 15 is 0 Å². The first kappa shape index (κ1) is 11.6. The lowest BCUT2D eigenvalue weighted by Gasteiger charge is -2.10. The first-order chi connectivity index (χ1) is 8.15. The van der Waals surface area contributed by atoms with Gasteiger partial charge in [-0.15, -0.1) is 0 Å². The maximum Gasteiger partial charge on any atom is 0.0597 e. The molecule has 2 heteroatoms. The summed E-state index contributed by atoms with van der Waals surface area (Å²) in [7, 11) is 0. The highest BCUT2D eigenvalue weighted by Crippen LogP contribution is 2.16. The molecule has 0 saturated carbocycles. The first-order valence-electron chi connectivity index (χ1n) is 5.89. The van der Waals surface area contributed by atoms with Crippen molar-refractivity contribution >= 4 is 5.69 Å². The van der Waals surface area contributed by atoms with Crippen molar-refractivity contribution in [1.82, 2.24) is 4.98 Å². The maximum absolute atomic E-state index is 4.47. The van der Waals surface area contributed by atoms with Crippen LogP contribution >= 0.6 is 0 Å². The minimum atomic E-state index is 0.769. The van der Waals surface area contributed by atoms with E-state index in [1.54, 1.807) is 0 Å². The van der Waals surface area contributed by atoms with Crippen LogP contribution < -0.4 is 5.32 Å². The highest BCUT2D eigenvalue weighted by Gasteiger charge is 1.99. The minimum Gasteiger partial charge on any atom is -0.379 e. The zero-order valence-electron chi connectivity index (χ0n) is 10.6. The normalized spacial score (nSPS) is 10.3. The number of aryl methyl sites for hydroxylation is 3. The fourth-order valence-electron chi connectivity index (χ4n) is 1.90. The van der Waals surface area contributed by atoms with Gasteiger partial charge in [0.15, 0.2) is 0 Å². The molecule has 0 aliphatic rings. The third kappa shape index (κ3) is 3.06. The number of benzene rings is 1. The molecule has 1 heterocycles. The molecule has 1 aromatic heterocycles. The Morgan fingerprint density at radius 1 is 1.06 bits per heavy atom. The van der Waals surface area contributed by atoms with Gasteiger partial charge in [-0.3, -0.25) is 4.98 Å². The smallest absolute Gasteiger partial charge is 0.0597 e. The Kier molecular flexibility index (Phi) is 3.43. The summed E-state index contributed by atoms with van der Waals surface area (Å²) in [5.41, 5.74) is 5.88. The summed E-state index contributed by atoms with van der Waals surface area (Å²) in [6.07, 6.45) is 0. The van der Waals surface area contributed by atoms with Gasteiger partial charge in [0, 0.05) is 11.4 Å². The van der Waals surface area contributed by atoms with E-state index in [0.29, 0.717) is 0 Å². The van der Waals surface area contributed by atoms with Gasteiger partial charge in [0.2, 0.25) is 0 Å².